The molecule has 2 aliphatic rings. The number of hydrogen-bond donors (Lipinski definition) is 2. The first-order valence-electron chi connectivity index (χ1n) is 7.46. The maximum Gasteiger partial charge on any atom is 0.310 e. The molecule has 0 heterocycles. The Labute approximate surface area is 114 Å². The summed E-state index contributed by atoms with van der Waals surface area (Å²) in [4.78, 5) is 23.3. The summed E-state index contributed by atoms with van der Waals surface area (Å²) < 4.78 is 0. The van der Waals surface area contributed by atoms with Gasteiger partial charge in [0.25, 0.3) is 0 Å². The van der Waals surface area contributed by atoms with E-state index in [4.69, 9.17) is 0 Å². The van der Waals surface area contributed by atoms with E-state index < -0.39 is 23.3 Å². The Morgan fingerprint density at radius 2 is 1.63 bits per heavy atom. The zero-order valence-corrected chi connectivity index (χ0v) is 11.6. The highest BCUT2D eigenvalue weighted by Crippen LogP contribution is 2.53. The van der Waals surface area contributed by atoms with Crippen LogP contribution in [-0.4, -0.2) is 22.2 Å². The van der Waals surface area contributed by atoms with Gasteiger partial charge in [0.2, 0.25) is 0 Å². The second-order valence-corrected chi connectivity index (χ2v) is 6.31. The molecule has 0 radical (unpaired) electrons. The van der Waals surface area contributed by atoms with Gasteiger partial charge >= 0.3 is 11.9 Å². The molecular formula is C15H24O4. The molecule has 0 aromatic carbocycles. The van der Waals surface area contributed by atoms with Gasteiger partial charge in [-0.15, -0.1) is 0 Å². The summed E-state index contributed by atoms with van der Waals surface area (Å²) in [6, 6.07) is 0. The quantitative estimate of drug-likeness (QED) is 0.824. The average Bonchev–Trinajstić information content (AvgIpc) is 2.39. The molecular weight excluding hydrogens is 244 g/mol. The lowest BCUT2D eigenvalue weighted by molar-refractivity contribution is -0.169. The number of carboxylic acid groups (broad SMARTS) is 2. The van der Waals surface area contributed by atoms with E-state index in [1.54, 1.807) is 0 Å². The Kier molecular flexibility index (Phi) is 4.16. The van der Waals surface area contributed by atoms with Crippen molar-refractivity contribution in [1.82, 2.24) is 0 Å². The highest BCUT2D eigenvalue weighted by atomic mass is 16.4. The molecule has 2 N–H and O–H groups in total. The molecule has 2 fully saturated rings. The molecule has 0 spiro atoms. The van der Waals surface area contributed by atoms with E-state index in [1.807, 2.05) is 6.92 Å². The van der Waals surface area contributed by atoms with Crippen molar-refractivity contribution in [3.8, 4) is 0 Å². The smallest absolute Gasteiger partial charge is 0.310 e. The van der Waals surface area contributed by atoms with Gasteiger partial charge in [-0.2, -0.15) is 0 Å². The number of aliphatic carboxylic acids is 2. The summed E-state index contributed by atoms with van der Waals surface area (Å²) in [6.07, 6.45) is 7.25. The van der Waals surface area contributed by atoms with Gasteiger partial charge in [0, 0.05) is 0 Å². The van der Waals surface area contributed by atoms with E-state index in [9.17, 15) is 19.8 Å². The SMILES string of the molecule is CC1C(C(=O)O)CCCC1(C(=O)O)C1CCCCC1. The molecule has 0 aromatic rings. The van der Waals surface area contributed by atoms with Crippen LogP contribution in [0, 0.1) is 23.2 Å². The minimum Gasteiger partial charge on any atom is -0.481 e. The fourth-order valence-electron chi connectivity index (χ4n) is 4.46. The standard InChI is InChI=1S/C15H24O4/c1-10-12(13(16)17)8-5-9-15(10,14(18)19)11-6-3-2-4-7-11/h10-12H,2-9H2,1H3,(H,16,17)(H,18,19). The molecule has 3 atom stereocenters. The number of carbonyl (C=O) groups is 2. The lowest BCUT2D eigenvalue weighted by Crippen LogP contribution is -2.51. The monoisotopic (exact) mass is 268 g/mol. The molecule has 0 aromatic heterocycles. The van der Waals surface area contributed by atoms with Crippen LogP contribution in [0.3, 0.4) is 0 Å². The van der Waals surface area contributed by atoms with Gasteiger partial charge in [0.1, 0.15) is 0 Å². The van der Waals surface area contributed by atoms with Gasteiger partial charge in [-0.25, -0.2) is 0 Å². The van der Waals surface area contributed by atoms with Crippen molar-refractivity contribution < 1.29 is 19.8 Å². The maximum atomic E-state index is 12.0. The minimum atomic E-state index is -0.825. The Balaban J connectivity index is 2.31. The van der Waals surface area contributed by atoms with E-state index in [1.165, 1.54) is 6.42 Å². The predicted octanol–water partition coefficient (Wildman–Crippen LogP) is 3.16. The third-order valence-corrected chi connectivity index (χ3v) is 5.57. The lowest BCUT2D eigenvalue weighted by atomic mass is 9.54. The molecule has 0 saturated heterocycles. The Morgan fingerprint density at radius 1 is 1.00 bits per heavy atom. The normalized spacial score (nSPS) is 36.9. The van der Waals surface area contributed by atoms with Gasteiger partial charge in [-0.1, -0.05) is 32.6 Å². The van der Waals surface area contributed by atoms with Crippen LogP contribution in [0.4, 0.5) is 0 Å². The number of rotatable bonds is 3. The Hall–Kier alpha value is -1.06. The topological polar surface area (TPSA) is 74.6 Å². The highest BCUT2D eigenvalue weighted by molar-refractivity contribution is 5.78. The summed E-state index contributed by atoms with van der Waals surface area (Å²) >= 11 is 0. The van der Waals surface area contributed by atoms with Crippen molar-refractivity contribution in [3.63, 3.8) is 0 Å². The van der Waals surface area contributed by atoms with Crippen LogP contribution in [0.5, 0.6) is 0 Å². The minimum absolute atomic E-state index is 0.163. The molecule has 0 amide bonds. The van der Waals surface area contributed by atoms with Crippen molar-refractivity contribution in [2.75, 3.05) is 0 Å². The predicted molar refractivity (Wildman–Crippen MR) is 70.8 cm³/mol. The second-order valence-electron chi connectivity index (χ2n) is 6.31. The van der Waals surface area contributed by atoms with Crippen molar-refractivity contribution in [3.05, 3.63) is 0 Å². The lowest BCUT2D eigenvalue weighted by Gasteiger charge is -2.48. The maximum absolute atomic E-state index is 12.0. The van der Waals surface area contributed by atoms with E-state index >= 15 is 0 Å². The van der Waals surface area contributed by atoms with Crippen LogP contribution in [0.2, 0.25) is 0 Å². The first-order valence-corrected chi connectivity index (χ1v) is 7.46. The van der Waals surface area contributed by atoms with Crippen molar-refractivity contribution >= 4 is 11.9 Å². The van der Waals surface area contributed by atoms with E-state index in [2.05, 4.69) is 0 Å². The van der Waals surface area contributed by atoms with Gasteiger partial charge < -0.3 is 10.2 Å². The molecule has 2 saturated carbocycles. The third kappa shape index (κ3) is 2.37. The molecule has 19 heavy (non-hydrogen) atoms. The van der Waals surface area contributed by atoms with Crippen LogP contribution < -0.4 is 0 Å². The van der Waals surface area contributed by atoms with Gasteiger partial charge in [0.05, 0.1) is 11.3 Å². The van der Waals surface area contributed by atoms with E-state index in [0.29, 0.717) is 12.8 Å². The highest BCUT2D eigenvalue weighted by Gasteiger charge is 2.55. The third-order valence-electron chi connectivity index (χ3n) is 5.57. The van der Waals surface area contributed by atoms with Crippen molar-refractivity contribution in [2.24, 2.45) is 23.2 Å². The van der Waals surface area contributed by atoms with E-state index in [0.717, 1.165) is 32.1 Å². The van der Waals surface area contributed by atoms with Crippen LogP contribution in [0.1, 0.15) is 58.3 Å². The molecule has 4 nitrogen and oxygen atoms in total. The summed E-state index contributed by atoms with van der Waals surface area (Å²) in [5.41, 5.74) is -0.804. The summed E-state index contributed by atoms with van der Waals surface area (Å²) in [7, 11) is 0. The molecule has 2 aliphatic carbocycles. The number of carboxylic acids is 2. The fraction of sp³-hybridized carbons (Fsp3) is 0.867. The molecule has 0 bridgehead atoms. The zero-order chi connectivity index (χ0) is 14.0. The molecule has 4 heteroatoms. The summed E-state index contributed by atoms with van der Waals surface area (Å²) in [5.74, 6) is -2.19. The van der Waals surface area contributed by atoms with Crippen molar-refractivity contribution in [2.45, 2.75) is 58.3 Å². The van der Waals surface area contributed by atoms with Crippen molar-refractivity contribution in [1.29, 1.82) is 0 Å². The van der Waals surface area contributed by atoms with Crippen LogP contribution in [-0.2, 0) is 9.59 Å². The number of hydrogen-bond acceptors (Lipinski definition) is 2. The fourth-order valence-corrected chi connectivity index (χ4v) is 4.46. The Bertz CT molecular complexity index is 359. The second kappa shape index (κ2) is 5.51. The van der Waals surface area contributed by atoms with Gasteiger partial charge in [-0.3, -0.25) is 9.59 Å². The zero-order valence-electron chi connectivity index (χ0n) is 11.6. The summed E-state index contributed by atoms with van der Waals surface area (Å²) in [5, 5.41) is 19.1. The van der Waals surface area contributed by atoms with E-state index in [-0.39, 0.29) is 11.8 Å². The van der Waals surface area contributed by atoms with Gasteiger partial charge in [0.15, 0.2) is 0 Å². The molecule has 3 unspecified atom stereocenters. The van der Waals surface area contributed by atoms with Gasteiger partial charge in [-0.05, 0) is 37.5 Å². The first-order chi connectivity index (χ1) is 9.00. The Morgan fingerprint density at radius 3 is 2.16 bits per heavy atom. The summed E-state index contributed by atoms with van der Waals surface area (Å²) in [6.45, 7) is 1.85. The average molecular weight is 268 g/mol. The van der Waals surface area contributed by atoms with Crippen LogP contribution >= 0.6 is 0 Å². The molecule has 108 valence electrons. The molecule has 0 aliphatic heterocycles. The largest absolute Gasteiger partial charge is 0.481 e. The first kappa shape index (κ1) is 14.4. The van der Waals surface area contributed by atoms with Crippen LogP contribution in [0.25, 0.3) is 0 Å². The van der Waals surface area contributed by atoms with Crippen LogP contribution in [0.15, 0.2) is 0 Å². The molecule has 2 rings (SSSR count).